The summed E-state index contributed by atoms with van der Waals surface area (Å²) in [6.07, 6.45) is 8.60. The highest BCUT2D eigenvalue weighted by atomic mass is 16.2. The summed E-state index contributed by atoms with van der Waals surface area (Å²) in [4.78, 5) is 12.8. The first-order valence-electron chi connectivity index (χ1n) is 8.85. The molecule has 1 saturated heterocycles. The van der Waals surface area contributed by atoms with Gasteiger partial charge in [-0.15, -0.1) is 0 Å². The molecule has 2 aliphatic carbocycles. The van der Waals surface area contributed by atoms with E-state index in [-0.39, 0.29) is 29.7 Å². The van der Waals surface area contributed by atoms with E-state index < -0.39 is 0 Å². The van der Waals surface area contributed by atoms with E-state index in [0.717, 1.165) is 0 Å². The molecule has 25 heavy (non-hydrogen) atoms. The van der Waals surface area contributed by atoms with Gasteiger partial charge in [0.25, 0.3) is 0 Å². The molecule has 1 heterocycles. The van der Waals surface area contributed by atoms with Crippen LogP contribution in [0.1, 0.15) is 11.1 Å². The number of hydrogen-bond acceptors (Lipinski definition) is 1. The molecule has 4 atom stereocenters. The monoisotopic (exact) mass is 325 g/mol. The van der Waals surface area contributed by atoms with Crippen LogP contribution in [0.15, 0.2) is 85.0 Å². The van der Waals surface area contributed by atoms with Crippen molar-refractivity contribution in [2.24, 2.45) is 17.8 Å². The minimum atomic E-state index is -0.0114. The van der Waals surface area contributed by atoms with Crippen LogP contribution in [-0.4, -0.2) is 11.9 Å². The van der Waals surface area contributed by atoms with Crippen LogP contribution in [0.2, 0.25) is 0 Å². The average Bonchev–Trinajstić information content (AvgIpc) is 2.80. The Balaban J connectivity index is 1.82. The van der Waals surface area contributed by atoms with Crippen LogP contribution in [0.25, 0.3) is 11.1 Å². The largest absolute Gasteiger partial charge is 0.348 e. The van der Waals surface area contributed by atoms with E-state index in [1.165, 1.54) is 22.3 Å². The van der Waals surface area contributed by atoms with Gasteiger partial charge in [0, 0.05) is 11.8 Å². The quantitative estimate of drug-likeness (QED) is 0.885. The van der Waals surface area contributed by atoms with Crippen LogP contribution >= 0.6 is 0 Å². The molecule has 0 saturated carbocycles. The fraction of sp³-hybridized carbons (Fsp3) is 0.174. The van der Waals surface area contributed by atoms with Crippen molar-refractivity contribution in [3.05, 3.63) is 96.1 Å². The minimum Gasteiger partial charge on any atom is -0.348 e. The fourth-order valence-corrected chi connectivity index (χ4v) is 4.66. The highest BCUT2D eigenvalue weighted by Crippen LogP contribution is 2.52. The first-order valence-corrected chi connectivity index (χ1v) is 8.85. The third-order valence-corrected chi connectivity index (χ3v) is 5.65. The summed E-state index contributed by atoms with van der Waals surface area (Å²) in [5.74, 6) is 0.491. The van der Waals surface area contributed by atoms with E-state index >= 15 is 0 Å². The maximum atomic E-state index is 12.8. The molecule has 0 spiro atoms. The number of nitrogens with one attached hydrogen (secondary N) is 1. The second kappa shape index (κ2) is 5.59. The molecule has 4 bridgehead atoms. The number of carbonyl (C=O) groups excluding carboxylic acids is 1. The van der Waals surface area contributed by atoms with Crippen molar-refractivity contribution in [2.45, 2.75) is 6.04 Å². The zero-order chi connectivity index (χ0) is 16.8. The standard InChI is InChI=1S/C23H19NO/c25-23-21-17-13-7-8-14-18(21)22(24-23)20(16-11-5-2-6-12-16)19(17)15-9-3-1-4-10-15/h1-14,17-18,21-22H,(H,24,25)/t17-,18+,21-,22+/m0/s1. The third kappa shape index (κ3) is 2.14. The van der Waals surface area contributed by atoms with E-state index in [4.69, 9.17) is 0 Å². The van der Waals surface area contributed by atoms with Crippen molar-refractivity contribution < 1.29 is 4.79 Å². The Morgan fingerprint density at radius 2 is 1.32 bits per heavy atom. The van der Waals surface area contributed by atoms with Crippen molar-refractivity contribution in [3.8, 4) is 0 Å². The van der Waals surface area contributed by atoms with Crippen molar-refractivity contribution in [2.75, 3.05) is 0 Å². The van der Waals surface area contributed by atoms with Crippen molar-refractivity contribution >= 4 is 17.1 Å². The molecule has 2 aromatic carbocycles. The second-order valence-electron chi connectivity index (χ2n) is 6.94. The summed E-state index contributed by atoms with van der Waals surface area (Å²) in [7, 11) is 0. The minimum absolute atomic E-state index is 0.0114. The molecule has 1 aliphatic heterocycles. The molecule has 1 fully saturated rings. The first kappa shape index (κ1) is 14.5. The maximum absolute atomic E-state index is 12.8. The Hall–Kier alpha value is -2.87. The van der Waals surface area contributed by atoms with Crippen LogP contribution < -0.4 is 5.32 Å². The molecule has 2 aromatic rings. The average molecular weight is 325 g/mol. The molecule has 3 aliphatic rings. The van der Waals surface area contributed by atoms with Gasteiger partial charge in [-0.05, 0) is 22.3 Å². The number of benzene rings is 2. The summed E-state index contributed by atoms with van der Waals surface area (Å²) in [6, 6.07) is 21.1. The highest BCUT2D eigenvalue weighted by Gasteiger charge is 2.52. The van der Waals surface area contributed by atoms with Gasteiger partial charge in [-0.3, -0.25) is 4.79 Å². The van der Waals surface area contributed by atoms with Crippen LogP contribution in [0.5, 0.6) is 0 Å². The van der Waals surface area contributed by atoms with E-state index in [1.807, 2.05) is 12.1 Å². The number of allylic oxidation sites excluding steroid dienone is 4. The van der Waals surface area contributed by atoms with Gasteiger partial charge < -0.3 is 5.32 Å². The molecular weight excluding hydrogens is 306 g/mol. The predicted molar refractivity (Wildman–Crippen MR) is 100 cm³/mol. The molecule has 0 aromatic heterocycles. The Morgan fingerprint density at radius 3 is 2.00 bits per heavy atom. The van der Waals surface area contributed by atoms with Gasteiger partial charge >= 0.3 is 0 Å². The topological polar surface area (TPSA) is 29.1 Å². The molecule has 5 rings (SSSR count). The van der Waals surface area contributed by atoms with Gasteiger partial charge in [-0.1, -0.05) is 85.0 Å². The maximum Gasteiger partial charge on any atom is 0.225 e. The van der Waals surface area contributed by atoms with E-state index in [2.05, 4.69) is 78.2 Å². The normalized spacial score (nSPS) is 29.5. The van der Waals surface area contributed by atoms with Gasteiger partial charge in [-0.2, -0.15) is 0 Å². The molecule has 2 heteroatoms. The number of rotatable bonds is 2. The van der Waals surface area contributed by atoms with Crippen LogP contribution in [0, 0.1) is 17.8 Å². The molecule has 1 amide bonds. The zero-order valence-electron chi connectivity index (χ0n) is 13.8. The molecule has 1 N–H and O–H groups in total. The number of hydrogen-bond donors (Lipinski definition) is 1. The van der Waals surface area contributed by atoms with Crippen molar-refractivity contribution in [1.29, 1.82) is 0 Å². The Kier molecular flexibility index (Phi) is 3.24. The van der Waals surface area contributed by atoms with Crippen LogP contribution in [-0.2, 0) is 4.79 Å². The third-order valence-electron chi connectivity index (χ3n) is 5.65. The second-order valence-corrected chi connectivity index (χ2v) is 6.94. The van der Waals surface area contributed by atoms with Crippen LogP contribution in [0.3, 0.4) is 0 Å². The van der Waals surface area contributed by atoms with E-state index in [1.54, 1.807) is 0 Å². The fourth-order valence-electron chi connectivity index (χ4n) is 4.66. The first-order chi connectivity index (χ1) is 12.3. The molecule has 0 unspecified atom stereocenters. The smallest absolute Gasteiger partial charge is 0.225 e. The molecular formula is C23H19NO. The molecule has 2 nitrogen and oxygen atoms in total. The van der Waals surface area contributed by atoms with Gasteiger partial charge in [0.05, 0.1) is 12.0 Å². The zero-order valence-corrected chi connectivity index (χ0v) is 13.8. The van der Waals surface area contributed by atoms with Gasteiger partial charge in [0.15, 0.2) is 0 Å². The molecule has 0 radical (unpaired) electrons. The van der Waals surface area contributed by atoms with E-state index in [9.17, 15) is 4.79 Å². The summed E-state index contributed by atoms with van der Waals surface area (Å²) in [6.45, 7) is 0. The Bertz CT molecular complexity index is 908. The van der Waals surface area contributed by atoms with Gasteiger partial charge in [0.2, 0.25) is 5.91 Å². The van der Waals surface area contributed by atoms with Crippen molar-refractivity contribution in [3.63, 3.8) is 0 Å². The van der Waals surface area contributed by atoms with Crippen LogP contribution in [0.4, 0.5) is 0 Å². The Morgan fingerprint density at radius 1 is 0.720 bits per heavy atom. The number of carbonyl (C=O) groups is 1. The lowest BCUT2D eigenvalue weighted by molar-refractivity contribution is -0.123. The van der Waals surface area contributed by atoms with E-state index in [0.29, 0.717) is 0 Å². The lowest BCUT2D eigenvalue weighted by Crippen LogP contribution is -2.33. The predicted octanol–water partition coefficient (Wildman–Crippen LogP) is 4.08. The molecule has 122 valence electrons. The Labute approximate surface area is 147 Å². The lowest BCUT2D eigenvalue weighted by Gasteiger charge is -2.35. The highest BCUT2D eigenvalue weighted by molar-refractivity contribution is 6.03. The summed E-state index contributed by atoms with van der Waals surface area (Å²) in [5, 5.41) is 3.28. The van der Waals surface area contributed by atoms with Gasteiger partial charge in [-0.25, -0.2) is 0 Å². The SMILES string of the molecule is O=C1N[C@H]2C(c3ccccc3)=C(c3ccccc3)[C@@H]3C=CC=C[C@@H]2[C@@H]13. The summed E-state index contributed by atoms with van der Waals surface area (Å²) < 4.78 is 0. The van der Waals surface area contributed by atoms with Crippen molar-refractivity contribution in [1.82, 2.24) is 5.32 Å². The summed E-state index contributed by atoms with van der Waals surface area (Å²) in [5.41, 5.74) is 4.96. The summed E-state index contributed by atoms with van der Waals surface area (Å²) >= 11 is 0. The van der Waals surface area contributed by atoms with Gasteiger partial charge in [0.1, 0.15) is 0 Å². The lowest BCUT2D eigenvalue weighted by atomic mass is 9.66. The number of amides is 1.